The van der Waals surface area contributed by atoms with E-state index in [2.05, 4.69) is 5.32 Å². The molecule has 0 fully saturated rings. The summed E-state index contributed by atoms with van der Waals surface area (Å²) in [6, 6.07) is 0. The average molecular weight is 271 g/mol. The van der Waals surface area contributed by atoms with Crippen LogP contribution in [0.25, 0.3) is 0 Å². The minimum Gasteiger partial charge on any atom is -0.394 e. The van der Waals surface area contributed by atoms with E-state index in [0.717, 1.165) is 19.3 Å². The zero-order valence-corrected chi connectivity index (χ0v) is 11.1. The highest BCUT2D eigenvalue weighted by Gasteiger charge is 2.25. The minimum atomic E-state index is -4.08. The molecule has 1 atom stereocenters. The molecule has 0 aromatic rings. The number of ether oxygens (including phenoxy) is 1. The van der Waals surface area contributed by atoms with Crippen molar-refractivity contribution in [2.45, 2.75) is 50.7 Å². The first-order valence-corrected chi connectivity index (χ1v) is 6.27. The van der Waals surface area contributed by atoms with Gasteiger partial charge in [-0.1, -0.05) is 0 Å². The summed E-state index contributed by atoms with van der Waals surface area (Å²) in [5.74, 6) is 0. The Balaban J connectivity index is 3.36. The van der Waals surface area contributed by atoms with Gasteiger partial charge < -0.3 is 15.2 Å². The van der Waals surface area contributed by atoms with E-state index in [1.165, 1.54) is 0 Å². The number of aliphatic hydroxyl groups is 1. The lowest BCUT2D eigenvalue weighted by Gasteiger charge is -2.26. The van der Waals surface area contributed by atoms with Crippen molar-refractivity contribution in [3.63, 3.8) is 0 Å². The number of nitrogens with one attached hydrogen (secondary N) is 1. The Bertz CT molecular complexity index is 206. The van der Waals surface area contributed by atoms with Gasteiger partial charge in [0.25, 0.3) is 0 Å². The molecule has 3 nitrogen and oxygen atoms in total. The molecule has 2 N–H and O–H groups in total. The van der Waals surface area contributed by atoms with Crippen LogP contribution in [0.1, 0.15) is 39.0 Å². The number of unbranched alkanes of at least 4 members (excludes halogenated alkanes) is 1. The summed E-state index contributed by atoms with van der Waals surface area (Å²) in [5, 5.41) is 12.2. The fourth-order valence-electron chi connectivity index (χ4n) is 1.48. The maximum atomic E-state index is 11.8. The maximum absolute atomic E-state index is 11.8. The summed E-state index contributed by atoms with van der Waals surface area (Å²) in [6.45, 7) is 2.62. The van der Waals surface area contributed by atoms with Gasteiger partial charge in [0.1, 0.15) is 0 Å². The van der Waals surface area contributed by atoms with Crippen molar-refractivity contribution in [2.24, 2.45) is 0 Å². The van der Waals surface area contributed by atoms with Crippen LogP contribution in [0.4, 0.5) is 13.2 Å². The molecule has 0 aliphatic rings. The second-order valence-corrected chi connectivity index (χ2v) is 4.76. The number of hydrogen-bond acceptors (Lipinski definition) is 3. The fourth-order valence-corrected chi connectivity index (χ4v) is 1.48. The highest BCUT2D eigenvalue weighted by atomic mass is 19.4. The summed E-state index contributed by atoms with van der Waals surface area (Å²) in [4.78, 5) is 0. The van der Waals surface area contributed by atoms with E-state index < -0.39 is 12.6 Å². The number of rotatable bonds is 10. The first kappa shape index (κ1) is 17.7. The predicted octanol–water partition coefficient (Wildman–Crippen LogP) is 2.49. The smallest absolute Gasteiger partial charge is 0.389 e. The Morgan fingerprint density at radius 1 is 1.06 bits per heavy atom. The van der Waals surface area contributed by atoms with Crippen molar-refractivity contribution in [1.29, 1.82) is 0 Å². The molecule has 0 heterocycles. The lowest BCUT2D eigenvalue weighted by molar-refractivity contribution is -0.137. The average Bonchev–Trinajstić information content (AvgIpc) is 2.31. The van der Waals surface area contributed by atoms with Gasteiger partial charge in [0, 0.05) is 25.2 Å². The van der Waals surface area contributed by atoms with E-state index in [1.54, 1.807) is 7.05 Å². The second-order valence-electron chi connectivity index (χ2n) is 4.76. The van der Waals surface area contributed by atoms with Crippen molar-refractivity contribution in [3.8, 4) is 0 Å². The Kier molecular flexibility index (Phi) is 8.56. The lowest BCUT2D eigenvalue weighted by atomic mass is 9.96. The molecule has 0 aliphatic carbocycles. The molecule has 0 bridgehead atoms. The van der Waals surface area contributed by atoms with Crippen LogP contribution < -0.4 is 5.32 Å². The molecule has 0 spiro atoms. The molecule has 0 amide bonds. The molecule has 0 saturated carbocycles. The third kappa shape index (κ3) is 9.67. The molecular formula is C12H24F3NO2. The molecule has 110 valence electrons. The van der Waals surface area contributed by atoms with Gasteiger partial charge in [-0.05, 0) is 39.7 Å². The molecule has 0 rings (SSSR count). The van der Waals surface area contributed by atoms with Crippen LogP contribution in [0, 0.1) is 0 Å². The predicted molar refractivity (Wildman–Crippen MR) is 64.5 cm³/mol. The van der Waals surface area contributed by atoms with Crippen LogP contribution in [-0.4, -0.2) is 43.7 Å². The van der Waals surface area contributed by atoms with Gasteiger partial charge in [0.2, 0.25) is 0 Å². The van der Waals surface area contributed by atoms with E-state index in [4.69, 9.17) is 9.84 Å². The van der Waals surface area contributed by atoms with E-state index >= 15 is 0 Å². The van der Waals surface area contributed by atoms with E-state index in [1.807, 2.05) is 6.92 Å². The Labute approximate surface area is 107 Å². The van der Waals surface area contributed by atoms with Gasteiger partial charge >= 0.3 is 6.18 Å². The Morgan fingerprint density at radius 2 is 1.67 bits per heavy atom. The van der Waals surface area contributed by atoms with Gasteiger partial charge in [-0.3, -0.25) is 0 Å². The van der Waals surface area contributed by atoms with Gasteiger partial charge in [0.05, 0.1) is 6.61 Å². The van der Waals surface area contributed by atoms with Crippen LogP contribution >= 0.6 is 0 Å². The largest absolute Gasteiger partial charge is 0.394 e. The van der Waals surface area contributed by atoms with Crippen LogP contribution in [0.15, 0.2) is 0 Å². The van der Waals surface area contributed by atoms with Crippen molar-refractivity contribution in [3.05, 3.63) is 0 Å². The topological polar surface area (TPSA) is 41.5 Å². The molecule has 18 heavy (non-hydrogen) atoms. The Hall–Kier alpha value is -0.330. The molecule has 6 heteroatoms. The van der Waals surface area contributed by atoms with E-state index in [9.17, 15) is 13.2 Å². The quantitative estimate of drug-likeness (QED) is 0.600. The van der Waals surface area contributed by atoms with Crippen LogP contribution in [0.5, 0.6) is 0 Å². The maximum Gasteiger partial charge on any atom is 0.389 e. The number of aliphatic hydroxyl groups excluding tert-OH is 1. The van der Waals surface area contributed by atoms with Crippen LogP contribution in [0.3, 0.4) is 0 Å². The molecule has 0 radical (unpaired) electrons. The monoisotopic (exact) mass is 271 g/mol. The number of likely N-dealkylation sites (N-methyl/N-ethyl adjacent to an activating group) is 1. The number of hydrogen-bond donors (Lipinski definition) is 2. The molecule has 1 unspecified atom stereocenters. The number of alkyl halides is 3. The zero-order chi connectivity index (χ0) is 14.1. The fraction of sp³-hybridized carbons (Fsp3) is 1.00. The molecular weight excluding hydrogens is 247 g/mol. The summed E-state index contributed by atoms with van der Waals surface area (Å²) in [6.07, 6.45) is -2.37. The van der Waals surface area contributed by atoms with Crippen molar-refractivity contribution in [2.75, 3.05) is 26.9 Å². The summed E-state index contributed by atoms with van der Waals surface area (Å²) >= 11 is 0. The van der Waals surface area contributed by atoms with Gasteiger partial charge in [-0.2, -0.15) is 13.2 Å². The number of halogens is 3. The third-order valence-corrected chi connectivity index (χ3v) is 2.97. The van der Waals surface area contributed by atoms with Crippen molar-refractivity contribution >= 4 is 0 Å². The first-order valence-electron chi connectivity index (χ1n) is 6.27. The summed E-state index contributed by atoms with van der Waals surface area (Å²) in [5.41, 5.74) is -0.281. The van der Waals surface area contributed by atoms with E-state index in [0.29, 0.717) is 6.61 Å². The molecule has 0 aliphatic heterocycles. The molecule has 0 aromatic carbocycles. The van der Waals surface area contributed by atoms with Crippen LogP contribution in [-0.2, 0) is 4.74 Å². The van der Waals surface area contributed by atoms with E-state index in [-0.39, 0.29) is 25.2 Å². The molecule has 0 saturated heterocycles. The van der Waals surface area contributed by atoms with Crippen molar-refractivity contribution in [1.82, 2.24) is 5.32 Å². The first-order chi connectivity index (χ1) is 8.33. The standard InChI is InChI=1S/C12H24F3NO2/c1-11(10-17,16-2)6-3-4-8-18-9-5-7-12(13,14)15/h16-17H,3-10H2,1-2H3. The molecule has 0 aromatic heterocycles. The van der Waals surface area contributed by atoms with Gasteiger partial charge in [-0.15, -0.1) is 0 Å². The SMILES string of the molecule is CNC(C)(CO)CCCCOCCCC(F)(F)F. The Morgan fingerprint density at radius 3 is 2.17 bits per heavy atom. The normalized spacial score (nSPS) is 15.7. The lowest BCUT2D eigenvalue weighted by Crippen LogP contribution is -2.43. The van der Waals surface area contributed by atoms with Crippen LogP contribution in [0.2, 0.25) is 0 Å². The highest BCUT2D eigenvalue weighted by Crippen LogP contribution is 2.21. The zero-order valence-electron chi connectivity index (χ0n) is 11.1. The second kappa shape index (κ2) is 8.72. The summed E-state index contributed by atoms with van der Waals surface area (Å²) < 4.78 is 40.6. The highest BCUT2D eigenvalue weighted by molar-refractivity contribution is 4.79. The van der Waals surface area contributed by atoms with Crippen molar-refractivity contribution < 1.29 is 23.0 Å². The van der Waals surface area contributed by atoms with Gasteiger partial charge in [0.15, 0.2) is 0 Å². The van der Waals surface area contributed by atoms with Gasteiger partial charge in [-0.25, -0.2) is 0 Å². The summed E-state index contributed by atoms with van der Waals surface area (Å²) in [7, 11) is 1.80. The minimum absolute atomic E-state index is 0.0222. The third-order valence-electron chi connectivity index (χ3n) is 2.97.